The molecular weight excluding hydrogens is 376 g/mol. The van der Waals surface area contributed by atoms with Crippen LogP contribution >= 0.6 is 11.3 Å². The van der Waals surface area contributed by atoms with Crippen molar-refractivity contribution < 1.29 is 14.6 Å². The van der Waals surface area contributed by atoms with Gasteiger partial charge in [0.1, 0.15) is 0 Å². The lowest BCUT2D eigenvalue weighted by Gasteiger charge is -2.17. The number of nitrogens with one attached hydrogen (secondary N) is 1. The molecule has 2 aliphatic rings. The number of H-pyrrole nitrogens is 1. The van der Waals surface area contributed by atoms with Crippen molar-refractivity contribution in [3.63, 3.8) is 0 Å². The molecule has 1 fully saturated rings. The van der Waals surface area contributed by atoms with Crippen molar-refractivity contribution in [1.82, 2.24) is 15.0 Å². The van der Waals surface area contributed by atoms with E-state index in [2.05, 4.69) is 15.0 Å². The van der Waals surface area contributed by atoms with E-state index in [4.69, 9.17) is 10.5 Å². The highest BCUT2D eigenvalue weighted by atomic mass is 32.1. The van der Waals surface area contributed by atoms with Gasteiger partial charge >= 0.3 is 5.97 Å². The van der Waals surface area contributed by atoms with Crippen LogP contribution in [0.4, 0.5) is 0 Å². The van der Waals surface area contributed by atoms with Crippen molar-refractivity contribution >= 4 is 17.3 Å². The Hall–Kier alpha value is -2.71. The minimum atomic E-state index is -0.887. The molecule has 3 heterocycles. The maximum Gasteiger partial charge on any atom is 0.337 e. The first-order valence-corrected chi connectivity index (χ1v) is 10.0. The number of hydrogen-bond acceptors (Lipinski definition) is 6. The predicted molar refractivity (Wildman–Crippen MR) is 106 cm³/mol. The fraction of sp³-hybridized carbons (Fsp3) is 0.350. The van der Waals surface area contributed by atoms with Gasteiger partial charge in [0.2, 0.25) is 0 Å². The summed E-state index contributed by atoms with van der Waals surface area (Å²) in [5.41, 5.74) is 11.8. The van der Waals surface area contributed by atoms with Crippen LogP contribution in [0, 0.1) is 0 Å². The summed E-state index contributed by atoms with van der Waals surface area (Å²) >= 11 is 1.43. The van der Waals surface area contributed by atoms with Crippen molar-refractivity contribution in [2.45, 2.75) is 37.6 Å². The molecule has 2 aliphatic carbocycles. The molecule has 0 saturated heterocycles. The van der Waals surface area contributed by atoms with Crippen LogP contribution in [-0.2, 0) is 19.3 Å². The van der Waals surface area contributed by atoms with Crippen LogP contribution in [-0.4, -0.2) is 38.7 Å². The maximum absolute atomic E-state index is 12.0. The third-order valence-corrected chi connectivity index (χ3v) is 6.61. The van der Waals surface area contributed by atoms with Crippen molar-refractivity contribution in [1.29, 1.82) is 0 Å². The Morgan fingerprint density at radius 1 is 1.36 bits per heavy atom. The summed E-state index contributed by atoms with van der Waals surface area (Å²) in [6.45, 7) is 0. The van der Waals surface area contributed by atoms with Crippen LogP contribution in [0.15, 0.2) is 18.5 Å². The molecule has 0 radical (unpaired) electrons. The first kappa shape index (κ1) is 17.4. The second kappa shape index (κ2) is 6.15. The maximum atomic E-state index is 12.0. The molecule has 1 saturated carbocycles. The van der Waals surface area contributed by atoms with Crippen molar-refractivity contribution in [3.8, 4) is 27.0 Å². The molecule has 8 heteroatoms. The SMILES string of the molecule is COc1ncc(-c2cc3c(cn2)CCc2c-3[nH]c(CC3(N)CC3)c2C(=O)O)s1. The molecule has 0 spiro atoms. The number of methoxy groups -OCH3 is 1. The highest BCUT2D eigenvalue weighted by Crippen LogP contribution is 2.42. The lowest BCUT2D eigenvalue weighted by atomic mass is 9.88. The number of thiazole rings is 1. The first-order chi connectivity index (χ1) is 13.5. The summed E-state index contributed by atoms with van der Waals surface area (Å²) in [6.07, 6.45) is 7.53. The summed E-state index contributed by atoms with van der Waals surface area (Å²) in [7, 11) is 1.59. The Morgan fingerprint density at radius 2 is 2.18 bits per heavy atom. The molecule has 0 atom stereocenters. The Morgan fingerprint density at radius 3 is 2.86 bits per heavy atom. The number of rotatable bonds is 5. The lowest BCUT2D eigenvalue weighted by molar-refractivity contribution is 0.0694. The number of aromatic carboxylic acids is 1. The van der Waals surface area contributed by atoms with Gasteiger partial charge in [0.05, 0.1) is 35.1 Å². The molecule has 0 amide bonds. The molecule has 3 aromatic rings. The Kier molecular flexibility index (Phi) is 3.82. The summed E-state index contributed by atoms with van der Waals surface area (Å²) in [6, 6.07) is 2.02. The zero-order chi connectivity index (χ0) is 19.5. The number of pyridine rings is 1. The van der Waals surface area contributed by atoms with E-state index in [0.717, 1.165) is 57.9 Å². The molecule has 0 aromatic carbocycles. The van der Waals surface area contributed by atoms with Crippen LogP contribution < -0.4 is 10.5 Å². The van der Waals surface area contributed by atoms with Gasteiger partial charge in [-0.15, -0.1) is 0 Å². The molecule has 0 bridgehead atoms. The Balaban J connectivity index is 1.62. The number of carbonyl (C=O) groups is 1. The fourth-order valence-electron chi connectivity index (χ4n) is 3.94. The molecule has 7 nitrogen and oxygen atoms in total. The van der Waals surface area contributed by atoms with Crippen molar-refractivity contribution in [2.75, 3.05) is 7.11 Å². The van der Waals surface area contributed by atoms with E-state index < -0.39 is 5.97 Å². The van der Waals surface area contributed by atoms with Crippen LogP contribution in [0.5, 0.6) is 5.19 Å². The molecule has 28 heavy (non-hydrogen) atoms. The van der Waals surface area contributed by atoms with Gasteiger partial charge in [0, 0.05) is 29.4 Å². The van der Waals surface area contributed by atoms with E-state index in [-0.39, 0.29) is 5.54 Å². The fourth-order valence-corrected chi connectivity index (χ4v) is 4.64. The average molecular weight is 396 g/mol. The molecule has 0 aliphatic heterocycles. The third kappa shape index (κ3) is 2.80. The van der Waals surface area contributed by atoms with Gasteiger partial charge in [0.25, 0.3) is 5.19 Å². The smallest absolute Gasteiger partial charge is 0.337 e. The normalized spacial score (nSPS) is 16.4. The highest BCUT2D eigenvalue weighted by molar-refractivity contribution is 7.16. The second-order valence-electron chi connectivity index (χ2n) is 7.60. The number of nitrogens with two attached hydrogens (primary N) is 1. The first-order valence-electron chi connectivity index (χ1n) is 9.23. The van der Waals surface area contributed by atoms with Crippen LogP contribution in [0.1, 0.15) is 40.0 Å². The van der Waals surface area contributed by atoms with E-state index in [0.29, 0.717) is 23.6 Å². The topological polar surface area (TPSA) is 114 Å². The molecule has 3 aromatic heterocycles. The third-order valence-electron chi connectivity index (χ3n) is 5.63. The molecule has 144 valence electrons. The van der Waals surface area contributed by atoms with Gasteiger partial charge in [-0.05, 0) is 42.9 Å². The summed E-state index contributed by atoms with van der Waals surface area (Å²) < 4.78 is 5.18. The number of aromatic nitrogens is 3. The zero-order valence-electron chi connectivity index (χ0n) is 15.4. The Labute approximate surface area is 165 Å². The van der Waals surface area contributed by atoms with Crippen LogP contribution in [0.2, 0.25) is 0 Å². The second-order valence-corrected chi connectivity index (χ2v) is 8.59. The minimum absolute atomic E-state index is 0.261. The van der Waals surface area contributed by atoms with Gasteiger partial charge < -0.3 is 20.6 Å². The molecule has 5 rings (SSSR count). The number of aryl methyl sites for hydroxylation is 1. The molecular formula is C20H20N4O3S. The standard InChI is InChI=1S/C20H20N4O3S/c1-27-19-23-9-15(28-19)13-6-12-10(8-22-13)2-3-11-16(18(25)26)14(24-17(11)12)7-20(21)4-5-20/h6,8-9,24H,2-5,7,21H2,1H3,(H,25,26). The number of ether oxygens (including phenoxy) is 1. The predicted octanol–water partition coefficient (Wildman–Crippen LogP) is 3.04. The number of carboxylic acids is 1. The van der Waals surface area contributed by atoms with E-state index in [1.807, 2.05) is 12.3 Å². The van der Waals surface area contributed by atoms with E-state index >= 15 is 0 Å². The average Bonchev–Trinajstić information content (AvgIpc) is 3.10. The summed E-state index contributed by atoms with van der Waals surface area (Å²) in [5, 5.41) is 10.4. The Bertz CT molecular complexity index is 1100. The number of nitrogens with zero attached hydrogens (tertiary/aromatic N) is 2. The van der Waals surface area contributed by atoms with Gasteiger partial charge in [-0.3, -0.25) is 4.98 Å². The van der Waals surface area contributed by atoms with Crippen molar-refractivity contribution in [3.05, 3.63) is 40.8 Å². The zero-order valence-corrected chi connectivity index (χ0v) is 16.2. The number of fused-ring (bicyclic) bond motifs is 3. The largest absolute Gasteiger partial charge is 0.478 e. The summed E-state index contributed by atoms with van der Waals surface area (Å²) in [4.78, 5) is 25.1. The van der Waals surface area contributed by atoms with Gasteiger partial charge in [-0.2, -0.15) is 0 Å². The highest BCUT2D eigenvalue weighted by Gasteiger charge is 2.40. The van der Waals surface area contributed by atoms with Gasteiger partial charge in [0.15, 0.2) is 0 Å². The monoisotopic (exact) mass is 396 g/mol. The number of carboxylic acid groups (broad SMARTS) is 1. The van der Waals surface area contributed by atoms with Crippen LogP contribution in [0.25, 0.3) is 21.8 Å². The van der Waals surface area contributed by atoms with Crippen LogP contribution in [0.3, 0.4) is 0 Å². The molecule has 4 N–H and O–H groups in total. The minimum Gasteiger partial charge on any atom is -0.478 e. The quantitative estimate of drug-likeness (QED) is 0.611. The van der Waals surface area contributed by atoms with E-state index in [9.17, 15) is 9.90 Å². The summed E-state index contributed by atoms with van der Waals surface area (Å²) in [5.74, 6) is -0.887. The molecule has 0 unspecified atom stereocenters. The number of hydrogen-bond donors (Lipinski definition) is 3. The van der Waals surface area contributed by atoms with Crippen molar-refractivity contribution in [2.24, 2.45) is 5.73 Å². The van der Waals surface area contributed by atoms with E-state index in [1.54, 1.807) is 13.3 Å². The van der Waals surface area contributed by atoms with Gasteiger partial charge in [-0.1, -0.05) is 11.3 Å². The van der Waals surface area contributed by atoms with E-state index in [1.165, 1.54) is 11.3 Å². The van der Waals surface area contributed by atoms with Gasteiger partial charge in [-0.25, -0.2) is 9.78 Å². The number of aromatic amines is 1. The lowest BCUT2D eigenvalue weighted by Crippen LogP contribution is -2.25.